The third-order valence-electron chi connectivity index (χ3n) is 8.27. The zero-order valence-electron chi connectivity index (χ0n) is 21.9. The molecule has 2 aliphatic heterocycles. The molecule has 39 heavy (non-hydrogen) atoms. The van der Waals surface area contributed by atoms with Crippen LogP contribution in [0.5, 0.6) is 0 Å². The monoisotopic (exact) mass is 544 g/mol. The number of fused-ring (bicyclic) bond motifs is 5. The summed E-state index contributed by atoms with van der Waals surface area (Å²) < 4.78 is 31.8. The number of hydrogen-bond acceptors (Lipinski definition) is 7. The van der Waals surface area contributed by atoms with Crippen molar-refractivity contribution in [2.45, 2.75) is 43.8 Å². The molecule has 2 fully saturated rings. The van der Waals surface area contributed by atoms with Crippen LogP contribution in [0.1, 0.15) is 31.7 Å². The highest BCUT2D eigenvalue weighted by atomic mass is 32.2. The van der Waals surface area contributed by atoms with Gasteiger partial charge in [-0.15, -0.1) is 5.10 Å². The van der Waals surface area contributed by atoms with Gasteiger partial charge >= 0.3 is 5.69 Å². The first-order valence-corrected chi connectivity index (χ1v) is 14.8. The fraction of sp³-hybridized carbons (Fsp3) is 0.370. The van der Waals surface area contributed by atoms with E-state index in [0.29, 0.717) is 18.5 Å². The van der Waals surface area contributed by atoms with Crippen molar-refractivity contribution >= 4 is 32.0 Å². The van der Waals surface area contributed by atoms with Gasteiger partial charge in [0.05, 0.1) is 40.9 Å². The van der Waals surface area contributed by atoms with Crippen molar-refractivity contribution in [3.05, 3.63) is 59.4 Å². The van der Waals surface area contributed by atoms with Crippen LogP contribution >= 0.6 is 0 Å². The van der Waals surface area contributed by atoms with Gasteiger partial charge in [-0.05, 0) is 49.4 Å². The minimum Gasteiger partial charge on any atom is -0.293 e. The van der Waals surface area contributed by atoms with Gasteiger partial charge in [0.15, 0.2) is 0 Å². The van der Waals surface area contributed by atoms with Crippen molar-refractivity contribution in [3.8, 4) is 22.5 Å². The molecule has 0 spiro atoms. The average Bonchev–Trinajstić information content (AvgIpc) is 3.56. The van der Waals surface area contributed by atoms with E-state index in [2.05, 4.69) is 26.3 Å². The first kappa shape index (κ1) is 24.2. The van der Waals surface area contributed by atoms with E-state index < -0.39 is 10.0 Å². The Balaban J connectivity index is 1.34. The molecule has 2 saturated heterocycles. The van der Waals surface area contributed by atoms with Gasteiger partial charge < -0.3 is 0 Å². The molecule has 0 radical (unpaired) electrons. The lowest BCUT2D eigenvalue weighted by molar-refractivity contribution is 0.194. The SMILES string of the molecule is Cn1cc(-c2ccc(-c3ccc4ncc5c(c4c3)n(C3CC4CCC(C3)N4S(C)(=O)=O)c(=O)n5C)cn2)nn1. The van der Waals surface area contributed by atoms with Gasteiger partial charge in [-0.3, -0.25) is 23.8 Å². The molecular weight excluding hydrogens is 516 g/mol. The second-order valence-electron chi connectivity index (χ2n) is 10.7. The number of sulfonamides is 1. The summed E-state index contributed by atoms with van der Waals surface area (Å²) >= 11 is 0. The van der Waals surface area contributed by atoms with Crippen molar-refractivity contribution in [2.75, 3.05) is 6.26 Å². The van der Waals surface area contributed by atoms with Gasteiger partial charge in [0.25, 0.3) is 0 Å². The van der Waals surface area contributed by atoms with E-state index in [4.69, 9.17) is 0 Å². The number of piperidine rings is 1. The number of nitrogens with zero attached hydrogens (tertiary/aromatic N) is 8. The van der Waals surface area contributed by atoms with Crippen LogP contribution < -0.4 is 5.69 Å². The lowest BCUT2D eigenvalue weighted by Crippen LogP contribution is -2.47. The van der Waals surface area contributed by atoms with Gasteiger partial charge in [-0.1, -0.05) is 17.3 Å². The summed E-state index contributed by atoms with van der Waals surface area (Å²) in [5, 5.41) is 9.00. The Bertz CT molecular complexity index is 1910. The predicted octanol–water partition coefficient (Wildman–Crippen LogP) is 2.87. The Morgan fingerprint density at radius 2 is 1.64 bits per heavy atom. The maximum absolute atomic E-state index is 13.6. The molecule has 0 amide bonds. The molecule has 11 nitrogen and oxygen atoms in total. The fourth-order valence-electron chi connectivity index (χ4n) is 6.58. The minimum absolute atomic E-state index is 0.0755. The Morgan fingerprint density at radius 3 is 2.28 bits per heavy atom. The summed E-state index contributed by atoms with van der Waals surface area (Å²) in [5.41, 5.74) is 5.65. The van der Waals surface area contributed by atoms with Gasteiger partial charge in [0.2, 0.25) is 10.0 Å². The lowest BCUT2D eigenvalue weighted by Gasteiger charge is -2.37. The van der Waals surface area contributed by atoms with Gasteiger partial charge in [-0.2, -0.15) is 4.31 Å². The van der Waals surface area contributed by atoms with Crippen LogP contribution in [0.15, 0.2) is 53.7 Å². The third kappa shape index (κ3) is 3.80. The quantitative estimate of drug-likeness (QED) is 0.341. The molecule has 4 aromatic heterocycles. The highest BCUT2D eigenvalue weighted by Gasteiger charge is 2.46. The zero-order valence-corrected chi connectivity index (χ0v) is 22.7. The second-order valence-corrected chi connectivity index (χ2v) is 12.6. The molecule has 2 unspecified atom stereocenters. The number of rotatable bonds is 4. The topological polar surface area (TPSA) is 121 Å². The molecular formula is C27H28N8O3S. The number of imidazole rings is 1. The van der Waals surface area contributed by atoms with Crippen LogP contribution in [-0.2, 0) is 24.1 Å². The molecule has 5 aromatic rings. The molecule has 1 aromatic carbocycles. The van der Waals surface area contributed by atoms with E-state index in [1.165, 1.54) is 6.26 Å². The Hall–Kier alpha value is -3.90. The lowest BCUT2D eigenvalue weighted by atomic mass is 9.98. The van der Waals surface area contributed by atoms with E-state index in [0.717, 1.165) is 51.6 Å². The van der Waals surface area contributed by atoms with E-state index >= 15 is 0 Å². The summed E-state index contributed by atoms with van der Waals surface area (Å²) in [6.45, 7) is 0. The summed E-state index contributed by atoms with van der Waals surface area (Å²) in [6, 6.07) is 9.74. The molecule has 2 atom stereocenters. The van der Waals surface area contributed by atoms with E-state index in [9.17, 15) is 13.2 Å². The molecule has 7 rings (SSSR count). The largest absolute Gasteiger partial charge is 0.329 e. The molecule has 12 heteroatoms. The predicted molar refractivity (Wildman–Crippen MR) is 147 cm³/mol. The molecule has 6 heterocycles. The summed E-state index contributed by atoms with van der Waals surface area (Å²) in [4.78, 5) is 22.9. The molecule has 2 bridgehead atoms. The first-order chi connectivity index (χ1) is 18.7. The minimum atomic E-state index is -3.29. The standard InChI is InChI=1S/C27H28N8O3S/c1-32-15-24(30-31-32)23-9-5-17(13-28-23)16-4-8-22-21(10-16)26-25(14-29-22)33(2)27(36)34(26)20-11-18-6-7-19(12-20)35(18)39(3,37)38/h4-5,8-10,13-15,18-20H,6-7,11-12H2,1-3H3. The molecule has 2 aliphatic rings. The normalized spacial score (nSPS) is 21.8. The maximum Gasteiger partial charge on any atom is 0.329 e. The number of hydrogen-bond donors (Lipinski definition) is 0. The number of aryl methyl sites for hydroxylation is 2. The molecule has 200 valence electrons. The van der Waals surface area contributed by atoms with Crippen LogP contribution in [0.25, 0.3) is 44.5 Å². The Labute approximate surface area is 224 Å². The second kappa shape index (κ2) is 8.55. The summed E-state index contributed by atoms with van der Waals surface area (Å²) in [7, 11) is 0.300. The van der Waals surface area contributed by atoms with Crippen molar-refractivity contribution in [1.82, 2.24) is 38.4 Å². The smallest absolute Gasteiger partial charge is 0.293 e. The third-order valence-corrected chi connectivity index (χ3v) is 9.63. The average molecular weight is 545 g/mol. The van der Waals surface area contributed by atoms with Crippen LogP contribution in [0.3, 0.4) is 0 Å². The van der Waals surface area contributed by atoms with Crippen LogP contribution in [-0.4, -0.2) is 65.2 Å². The van der Waals surface area contributed by atoms with Gasteiger partial charge in [-0.25, -0.2) is 13.2 Å². The van der Waals surface area contributed by atoms with Crippen molar-refractivity contribution in [1.29, 1.82) is 0 Å². The highest BCUT2D eigenvalue weighted by molar-refractivity contribution is 7.88. The van der Waals surface area contributed by atoms with E-state index in [1.807, 2.05) is 48.3 Å². The summed E-state index contributed by atoms with van der Waals surface area (Å²) in [6.07, 6.45) is 9.59. The van der Waals surface area contributed by atoms with E-state index in [1.54, 1.807) is 26.8 Å². The Kier molecular flexibility index (Phi) is 5.30. The van der Waals surface area contributed by atoms with Crippen LogP contribution in [0.2, 0.25) is 0 Å². The molecule has 0 aliphatic carbocycles. The molecule has 0 saturated carbocycles. The highest BCUT2D eigenvalue weighted by Crippen LogP contribution is 2.43. The van der Waals surface area contributed by atoms with Gasteiger partial charge in [0.1, 0.15) is 5.69 Å². The summed E-state index contributed by atoms with van der Waals surface area (Å²) in [5.74, 6) is 0. The number of pyridine rings is 2. The fourth-order valence-corrected chi connectivity index (χ4v) is 8.05. The number of aromatic nitrogens is 7. The van der Waals surface area contributed by atoms with Crippen molar-refractivity contribution in [3.63, 3.8) is 0 Å². The Morgan fingerprint density at radius 1 is 0.897 bits per heavy atom. The maximum atomic E-state index is 13.6. The van der Waals surface area contributed by atoms with Crippen LogP contribution in [0.4, 0.5) is 0 Å². The number of benzene rings is 1. The van der Waals surface area contributed by atoms with E-state index in [-0.39, 0.29) is 23.8 Å². The van der Waals surface area contributed by atoms with Crippen LogP contribution in [0, 0.1) is 0 Å². The zero-order chi connectivity index (χ0) is 27.1. The molecule has 0 N–H and O–H groups in total. The van der Waals surface area contributed by atoms with Gasteiger partial charge in [0, 0.05) is 49.4 Å². The van der Waals surface area contributed by atoms with Crippen molar-refractivity contribution in [2.24, 2.45) is 14.1 Å². The van der Waals surface area contributed by atoms with Crippen molar-refractivity contribution < 1.29 is 8.42 Å². The first-order valence-electron chi connectivity index (χ1n) is 13.0.